The molecule has 2 heterocycles. The Morgan fingerprint density at radius 3 is 2.78 bits per heavy atom. The first-order chi connectivity index (χ1) is 8.38. The molecule has 0 spiro atoms. The number of nitrogens with two attached hydrogens (primary N) is 1. The third kappa shape index (κ3) is 2.51. The number of carbonyl (C=O) groups excluding carboxylic acids is 1. The zero-order valence-corrected chi connectivity index (χ0v) is 10.8. The molecular formula is C9H9N3O4S2. The summed E-state index contributed by atoms with van der Waals surface area (Å²) in [6, 6.07) is 1.72. The maximum absolute atomic E-state index is 11.4. The molecule has 0 saturated heterocycles. The molecule has 0 unspecified atom stereocenters. The van der Waals surface area contributed by atoms with Crippen molar-refractivity contribution < 1.29 is 17.7 Å². The maximum Gasteiger partial charge on any atom is 0.256 e. The summed E-state index contributed by atoms with van der Waals surface area (Å²) in [4.78, 5) is 11.4. The number of hydrogen-bond acceptors (Lipinski definition) is 6. The van der Waals surface area contributed by atoms with E-state index in [0.717, 1.165) is 6.26 Å². The Kier molecular flexibility index (Phi) is 3.09. The van der Waals surface area contributed by atoms with E-state index in [4.69, 9.17) is 10.3 Å². The fourth-order valence-corrected chi connectivity index (χ4v) is 2.47. The predicted octanol–water partition coefficient (Wildman–Crippen LogP) is 0.873. The van der Waals surface area contributed by atoms with E-state index in [1.54, 1.807) is 16.8 Å². The number of primary amides is 1. The Morgan fingerprint density at radius 1 is 1.56 bits per heavy atom. The van der Waals surface area contributed by atoms with E-state index < -0.39 is 15.9 Å². The van der Waals surface area contributed by atoms with Crippen molar-refractivity contribution in [3.8, 4) is 11.3 Å². The summed E-state index contributed by atoms with van der Waals surface area (Å²) in [5.74, 6) is -1.09. The van der Waals surface area contributed by atoms with Gasteiger partial charge in [-0.2, -0.15) is 11.3 Å². The topological polar surface area (TPSA) is 115 Å². The second kappa shape index (κ2) is 4.42. The molecule has 0 aromatic carbocycles. The summed E-state index contributed by atoms with van der Waals surface area (Å²) in [6.45, 7) is 0. The number of aromatic nitrogens is 1. The van der Waals surface area contributed by atoms with Gasteiger partial charge in [-0.05, 0) is 11.4 Å². The number of carbonyl (C=O) groups is 1. The number of nitrogens with one attached hydrogen (secondary N) is 1. The lowest BCUT2D eigenvalue weighted by atomic mass is 10.1. The van der Waals surface area contributed by atoms with Gasteiger partial charge in [-0.15, -0.1) is 0 Å². The maximum atomic E-state index is 11.4. The molecule has 2 rings (SSSR count). The predicted molar refractivity (Wildman–Crippen MR) is 66.8 cm³/mol. The molecule has 7 nitrogen and oxygen atoms in total. The van der Waals surface area contributed by atoms with E-state index in [1.165, 1.54) is 11.3 Å². The molecule has 0 aliphatic heterocycles. The van der Waals surface area contributed by atoms with Crippen LogP contribution in [0.4, 0.5) is 5.88 Å². The zero-order valence-electron chi connectivity index (χ0n) is 9.21. The van der Waals surface area contributed by atoms with E-state index in [-0.39, 0.29) is 17.1 Å². The number of amides is 1. The number of sulfonamides is 1. The Hall–Kier alpha value is -1.87. The number of thiophene rings is 1. The average Bonchev–Trinajstić information content (AvgIpc) is 2.81. The van der Waals surface area contributed by atoms with Crippen LogP contribution in [0.2, 0.25) is 0 Å². The van der Waals surface area contributed by atoms with Crippen molar-refractivity contribution in [2.75, 3.05) is 11.0 Å². The minimum absolute atomic E-state index is 0.0844. The van der Waals surface area contributed by atoms with Crippen LogP contribution in [0.3, 0.4) is 0 Å². The summed E-state index contributed by atoms with van der Waals surface area (Å²) < 4.78 is 29.1. The van der Waals surface area contributed by atoms with Crippen LogP contribution in [0.15, 0.2) is 21.3 Å². The first kappa shape index (κ1) is 12.6. The molecule has 0 aliphatic carbocycles. The van der Waals surface area contributed by atoms with E-state index in [1.807, 2.05) is 0 Å². The van der Waals surface area contributed by atoms with Gasteiger partial charge in [-0.25, -0.2) is 8.42 Å². The molecular weight excluding hydrogens is 278 g/mol. The standard InChI is InChI=1S/C9H9N3O4S2/c1-18(14,15)12-9-6(8(10)13)7(11-16-9)5-2-3-17-4-5/h2-4,12H,1H3,(H2,10,13). The Morgan fingerprint density at radius 2 is 2.28 bits per heavy atom. The summed E-state index contributed by atoms with van der Waals surface area (Å²) in [5.41, 5.74) is 5.99. The summed E-state index contributed by atoms with van der Waals surface area (Å²) in [5, 5.41) is 7.20. The quantitative estimate of drug-likeness (QED) is 0.865. The Balaban J connectivity index is 2.54. The molecule has 3 N–H and O–H groups in total. The van der Waals surface area contributed by atoms with Gasteiger partial charge in [0.2, 0.25) is 10.0 Å². The van der Waals surface area contributed by atoms with Gasteiger partial charge in [0.25, 0.3) is 11.8 Å². The highest BCUT2D eigenvalue weighted by Crippen LogP contribution is 2.30. The highest BCUT2D eigenvalue weighted by molar-refractivity contribution is 7.92. The van der Waals surface area contributed by atoms with Crippen LogP contribution in [0.5, 0.6) is 0 Å². The van der Waals surface area contributed by atoms with Crippen LogP contribution in [0.1, 0.15) is 10.4 Å². The van der Waals surface area contributed by atoms with E-state index in [2.05, 4.69) is 9.88 Å². The van der Waals surface area contributed by atoms with Crippen LogP contribution in [-0.2, 0) is 10.0 Å². The Bertz CT molecular complexity index is 673. The fourth-order valence-electron chi connectivity index (χ4n) is 1.35. The van der Waals surface area contributed by atoms with Crippen molar-refractivity contribution in [3.05, 3.63) is 22.4 Å². The van der Waals surface area contributed by atoms with E-state index in [0.29, 0.717) is 5.56 Å². The van der Waals surface area contributed by atoms with Crippen LogP contribution in [-0.4, -0.2) is 25.7 Å². The van der Waals surface area contributed by atoms with Crippen molar-refractivity contribution in [3.63, 3.8) is 0 Å². The SMILES string of the molecule is CS(=O)(=O)Nc1onc(-c2ccsc2)c1C(N)=O. The van der Waals surface area contributed by atoms with Gasteiger partial charge < -0.3 is 10.3 Å². The normalized spacial score (nSPS) is 11.4. The molecule has 2 aromatic rings. The Labute approximate surface area is 107 Å². The molecule has 2 aromatic heterocycles. The monoisotopic (exact) mass is 287 g/mol. The number of rotatable bonds is 4. The molecule has 96 valence electrons. The van der Waals surface area contributed by atoms with Crippen molar-refractivity contribution in [2.24, 2.45) is 5.73 Å². The lowest BCUT2D eigenvalue weighted by molar-refractivity contribution is 0.100. The molecule has 0 fully saturated rings. The fraction of sp³-hybridized carbons (Fsp3) is 0.111. The summed E-state index contributed by atoms with van der Waals surface area (Å²) in [6.07, 6.45) is 0.935. The van der Waals surface area contributed by atoms with Gasteiger partial charge in [0.15, 0.2) is 0 Å². The van der Waals surface area contributed by atoms with Gasteiger partial charge in [0.1, 0.15) is 11.3 Å². The average molecular weight is 287 g/mol. The molecule has 0 aliphatic rings. The molecule has 0 radical (unpaired) electrons. The zero-order chi connectivity index (χ0) is 13.3. The molecule has 0 saturated carbocycles. The van der Waals surface area contributed by atoms with Crippen LogP contribution in [0.25, 0.3) is 11.3 Å². The lowest BCUT2D eigenvalue weighted by Crippen LogP contribution is -2.16. The molecule has 1 amide bonds. The minimum atomic E-state index is -3.58. The van der Waals surface area contributed by atoms with Crippen molar-refractivity contribution in [1.82, 2.24) is 5.16 Å². The van der Waals surface area contributed by atoms with Gasteiger partial charge in [0, 0.05) is 10.9 Å². The van der Waals surface area contributed by atoms with Crippen molar-refractivity contribution in [1.29, 1.82) is 0 Å². The van der Waals surface area contributed by atoms with Gasteiger partial charge >= 0.3 is 0 Å². The second-order valence-electron chi connectivity index (χ2n) is 3.49. The smallest absolute Gasteiger partial charge is 0.256 e. The number of hydrogen-bond donors (Lipinski definition) is 2. The van der Waals surface area contributed by atoms with Gasteiger partial charge in [-0.1, -0.05) is 5.16 Å². The largest absolute Gasteiger partial charge is 0.365 e. The van der Waals surface area contributed by atoms with E-state index in [9.17, 15) is 13.2 Å². The first-order valence-electron chi connectivity index (χ1n) is 4.68. The lowest BCUT2D eigenvalue weighted by Gasteiger charge is -2.00. The van der Waals surface area contributed by atoms with Gasteiger partial charge in [-0.3, -0.25) is 9.52 Å². The molecule has 9 heteroatoms. The number of anilines is 1. The molecule has 0 bridgehead atoms. The van der Waals surface area contributed by atoms with E-state index >= 15 is 0 Å². The van der Waals surface area contributed by atoms with Crippen molar-refractivity contribution in [2.45, 2.75) is 0 Å². The van der Waals surface area contributed by atoms with Crippen LogP contribution >= 0.6 is 11.3 Å². The summed E-state index contributed by atoms with van der Waals surface area (Å²) in [7, 11) is -3.58. The number of nitrogens with zero attached hydrogens (tertiary/aromatic N) is 1. The van der Waals surface area contributed by atoms with Crippen LogP contribution in [0, 0.1) is 0 Å². The molecule has 0 atom stereocenters. The second-order valence-corrected chi connectivity index (χ2v) is 6.01. The summed E-state index contributed by atoms with van der Waals surface area (Å²) >= 11 is 1.40. The first-order valence-corrected chi connectivity index (χ1v) is 7.52. The van der Waals surface area contributed by atoms with Crippen LogP contribution < -0.4 is 10.5 Å². The third-order valence-electron chi connectivity index (χ3n) is 2.01. The third-order valence-corrected chi connectivity index (χ3v) is 3.25. The molecule has 18 heavy (non-hydrogen) atoms. The highest BCUT2D eigenvalue weighted by atomic mass is 32.2. The van der Waals surface area contributed by atoms with Crippen molar-refractivity contribution >= 4 is 33.2 Å². The minimum Gasteiger partial charge on any atom is -0.365 e. The highest BCUT2D eigenvalue weighted by Gasteiger charge is 2.24. The van der Waals surface area contributed by atoms with Gasteiger partial charge in [0.05, 0.1) is 6.26 Å².